The molecule has 1 heterocycles. The van der Waals surface area contributed by atoms with Crippen molar-refractivity contribution in [3.8, 4) is 11.6 Å². The second-order valence-electron chi connectivity index (χ2n) is 7.28. The van der Waals surface area contributed by atoms with Crippen molar-refractivity contribution in [2.75, 3.05) is 18.0 Å². The maximum Gasteiger partial charge on any atom is 0.335 e. The maximum absolute atomic E-state index is 12.6. The highest BCUT2D eigenvalue weighted by Crippen LogP contribution is 2.25. The second-order valence-corrected chi connectivity index (χ2v) is 7.28. The first kappa shape index (κ1) is 21.1. The van der Waals surface area contributed by atoms with E-state index in [1.165, 1.54) is 6.21 Å². The summed E-state index contributed by atoms with van der Waals surface area (Å²) in [6, 6.07) is 20.5. The lowest BCUT2D eigenvalue weighted by atomic mass is 10.1. The summed E-state index contributed by atoms with van der Waals surface area (Å²) < 4.78 is 1.09. The van der Waals surface area contributed by atoms with Gasteiger partial charge in [0.1, 0.15) is 5.56 Å². The zero-order chi connectivity index (χ0) is 22.7. The molecule has 0 amide bonds. The lowest BCUT2D eigenvalue weighted by Gasteiger charge is -2.20. The number of hydrogen-bond acceptors (Lipinski definition) is 5. The molecule has 1 aromatic heterocycles. The van der Waals surface area contributed by atoms with E-state index < -0.39 is 17.1 Å². The van der Waals surface area contributed by atoms with Crippen LogP contribution >= 0.6 is 0 Å². The van der Waals surface area contributed by atoms with E-state index in [-0.39, 0.29) is 5.56 Å². The molecule has 0 spiro atoms. The van der Waals surface area contributed by atoms with Crippen LogP contribution in [0.5, 0.6) is 5.88 Å². The van der Waals surface area contributed by atoms with Gasteiger partial charge in [0, 0.05) is 30.4 Å². The molecule has 4 rings (SSSR count). The van der Waals surface area contributed by atoms with Crippen molar-refractivity contribution in [3.05, 3.63) is 93.1 Å². The molecule has 0 bridgehead atoms. The molecule has 2 N–H and O–H groups in total. The van der Waals surface area contributed by atoms with E-state index in [0.717, 1.165) is 34.1 Å². The summed E-state index contributed by atoms with van der Waals surface area (Å²) in [4.78, 5) is 33.8. The van der Waals surface area contributed by atoms with Crippen LogP contribution < -0.4 is 16.1 Å². The number of aliphatic imine (C=N–C) groups is 1. The van der Waals surface area contributed by atoms with Crippen molar-refractivity contribution in [2.45, 2.75) is 13.8 Å². The normalized spacial score (nSPS) is 11.3. The fourth-order valence-corrected chi connectivity index (χ4v) is 3.76. The van der Waals surface area contributed by atoms with E-state index in [0.29, 0.717) is 11.4 Å². The first-order valence-corrected chi connectivity index (χ1v) is 10.5. The van der Waals surface area contributed by atoms with Gasteiger partial charge in [-0.2, -0.15) is 0 Å². The van der Waals surface area contributed by atoms with Crippen molar-refractivity contribution in [1.82, 2.24) is 9.55 Å². The number of H-pyrrole nitrogens is 1. The molecule has 0 saturated heterocycles. The van der Waals surface area contributed by atoms with E-state index >= 15 is 0 Å². The van der Waals surface area contributed by atoms with Crippen LogP contribution in [0.1, 0.15) is 19.4 Å². The van der Waals surface area contributed by atoms with Crippen LogP contribution in [0.3, 0.4) is 0 Å². The summed E-state index contributed by atoms with van der Waals surface area (Å²) in [6.45, 7) is 5.99. The van der Waals surface area contributed by atoms with Gasteiger partial charge in [-0.05, 0) is 49.6 Å². The lowest BCUT2D eigenvalue weighted by molar-refractivity contribution is 0.430. The van der Waals surface area contributed by atoms with Gasteiger partial charge in [0.15, 0.2) is 0 Å². The van der Waals surface area contributed by atoms with Gasteiger partial charge < -0.3 is 10.0 Å². The Hall–Kier alpha value is -4.13. The molecule has 0 atom stereocenters. The quantitative estimate of drug-likeness (QED) is 0.455. The standard InChI is InChI=1S/C25H24N4O3/c1-3-28(4-2)19-14-12-18(13-15-19)26-16-21-23(30)27-25(32)29(24(21)31)22-11-7-9-17-8-5-6-10-20(17)22/h5-16,31H,3-4H2,1-2H3,(H,27,30,32). The maximum atomic E-state index is 12.6. The van der Waals surface area contributed by atoms with E-state index in [1.807, 2.05) is 54.6 Å². The zero-order valence-electron chi connectivity index (χ0n) is 17.9. The Bertz CT molecular complexity index is 1390. The van der Waals surface area contributed by atoms with E-state index in [9.17, 15) is 14.7 Å². The van der Waals surface area contributed by atoms with Gasteiger partial charge in [0.05, 0.1) is 11.4 Å². The minimum absolute atomic E-state index is 0.0923. The predicted molar refractivity (Wildman–Crippen MR) is 129 cm³/mol. The first-order valence-electron chi connectivity index (χ1n) is 10.5. The molecule has 0 aliphatic heterocycles. The van der Waals surface area contributed by atoms with Crippen LogP contribution in [0.25, 0.3) is 16.5 Å². The topological polar surface area (TPSA) is 90.7 Å². The Morgan fingerprint density at radius 2 is 1.66 bits per heavy atom. The van der Waals surface area contributed by atoms with Crippen molar-refractivity contribution >= 4 is 28.4 Å². The number of fused-ring (bicyclic) bond motifs is 1. The van der Waals surface area contributed by atoms with Gasteiger partial charge in [-0.15, -0.1) is 0 Å². The number of hydrogen-bond donors (Lipinski definition) is 2. The number of aromatic amines is 1. The van der Waals surface area contributed by atoms with Crippen molar-refractivity contribution in [3.63, 3.8) is 0 Å². The van der Waals surface area contributed by atoms with Gasteiger partial charge in [-0.1, -0.05) is 36.4 Å². The SMILES string of the molecule is CCN(CC)c1ccc(N=Cc2c(O)n(-c3cccc4ccccc34)c(=O)[nH]c2=O)cc1. The molecule has 7 heteroatoms. The molecular weight excluding hydrogens is 404 g/mol. The fraction of sp³-hybridized carbons (Fsp3) is 0.160. The average molecular weight is 428 g/mol. The Kier molecular flexibility index (Phi) is 5.89. The molecule has 0 radical (unpaired) electrons. The number of nitrogens with zero attached hydrogens (tertiary/aromatic N) is 3. The molecular formula is C25H24N4O3. The summed E-state index contributed by atoms with van der Waals surface area (Å²) in [7, 11) is 0. The summed E-state index contributed by atoms with van der Waals surface area (Å²) in [5.74, 6) is -0.460. The van der Waals surface area contributed by atoms with Gasteiger partial charge in [-0.25, -0.2) is 9.36 Å². The van der Waals surface area contributed by atoms with Crippen molar-refractivity contribution in [1.29, 1.82) is 0 Å². The number of rotatable bonds is 6. The van der Waals surface area contributed by atoms with Crippen LogP contribution in [0.2, 0.25) is 0 Å². The lowest BCUT2D eigenvalue weighted by Crippen LogP contribution is -2.31. The number of aromatic nitrogens is 2. The van der Waals surface area contributed by atoms with Gasteiger partial charge >= 0.3 is 5.69 Å². The molecule has 0 unspecified atom stereocenters. The number of anilines is 1. The highest BCUT2D eigenvalue weighted by molar-refractivity contribution is 5.91. The highest BCUT2D eigenvalue weighted by atomic mass is 16.3. The van der Waals surface area contributed by atoms with E-state index in [4.69, 9.17) is 0 Å². The molecule has 0 aliphatic rings. The van der Waals surface area contributed by atoms with Gasteiger partial charge in [0.2, 0.25) is 5.88 Å². The van der Waals surface area contributed by atoms with Crippen LogP contribution in [-0.4, -0.2) is 34.0 Å². The number of aromatic hydroxyl groups is 1. The van der Waals surface area contributed by atoms with Crippen LogP contribution in [0.4, 0.5) is 11.4 Å². The van der Waals surface area contributed by atoms with E-state index in [2.05, 4.69) is 28.7 Å². The third-order valence-corrected chi connectivity index (χ3v) is 5.45. The molecule has 7 nitrogen and oxygen atoms in total. The van der Waals surface area contributed by atoms with Crippen molar-refractivity contribution in [2.24, 2.45) is 4.99 Å². The Balaban J connectivity index is 1.76. The Morgan fingerprint density at radius 3 is 2.38 bits per heavy atom. The van der Waals surface area contributed by atoms with Crippen molar-refractivity contribution < 1.29 is 5.11 Å². The minimum atomic E-state index is -0.718. The molecule has 0 aliphatic carbocycles. The van der Waals surface area contributed by atoms with E-state index in [1.54, 1.807) is 12.1 Å². The molecule has 32 heavy (non-hydrogen) atoms. The molecule has 0 saturated carbocycles. The summed E-state index contributed by atoms with van der Waals surface area (Å²) in [5.41, 5.74) is 0.671. The smallest absolute Gasteiger partial charge is 0.335 e. The average Bonchev–Trinajstić information content (AvgIpc) is 2.80. The Labute approximate surface area is 184 Å². The first-order chi connectivity index (χ1) is 15.5. The second kappa shape index (κ2) is 8.93. The third kappa shape index (κ3) is 3.92. The van der Waals surface area contributed by atoms with Crippen LogP contribution in [0, 0.1) is 0 Å². The largest absolute Gasteiger partial charge is 0.493 e. The number of benzene rings is 3. The zero-order valence-corrected chi connectivity index (χ0v) is 17.9. The minimum Gasteiger partial charge on any atom is -0.493 e. The third-order valence-electron chi connectivity index (χ3n) is 5.45. The molecule has 0 fully saturated rings. The summed E-state index contributed by atoms with van der Waals surface area (Å²) in [5, 5.41) is 12.5. The van der Waals surface area contributed by atoms with Gasteiger partial charge in [-0.3, -0.25) is 14.8 Å². The van der Waals surface area contributed by atoms with Crippen LogP contribution in [-0.2, 0) is 0 Å². The monoisotopic (exact) mass is 428 g/mol. The summed E-state index contributed by atoms with van der Waals surface area (Å²) in [6.07, 6.45) is 1.28. The summed E-state index contributed by atoms with van der Waals surface area (Å²) >= 11 is 0. The molecule has 3 aromatic carbocycles. The number of nitrogens with one attached hydrogen (secondary N) is 1. The fourth-order valence-electron chi connectivity index (χ4n) is 3.76. The highest BCUT2D eigenvalue weighted by Gasteiger charge is 2.16. The Morgan fingerprint density at radius 1 is 0.969 bits per heavy atom. The molecule has 4 aromatic rings. The van der Waals surface area contributed by atoms with Crippen LogP contribution in [0.15, 0.2) is 81.3 Å². The molecule has 162 valence electrons. The predicted octanol–water partition coefficient (Wildman–Crippen LogP) is 3.98. The van der Waals surface area contributed by atoms with Gasteiger partial charge in [0.25, 0.3) is 5.56 Å².